The van der Waals surface area contributed by atoms with Crippen molar-refractivity contribution in [1.29, 1.82) is 0 Å². The van der Waals surface area contributed by atoms with Crippen LogP contribution in [0.1, 0.15) is 13.3 Å². The van der Waals surface area contributed by atoms with E-state index < -0.39 is 0 Å². The lowest BCUT2D eigenvalue weighted by atomic mass is 10.1. The smallest absolute Gasteiger partial charge is 0.0252 e. The molecule has 0 amide bonds. The van der Waals surface area contributed by atoms with Crippen LogP contribution < -0.4 is 5.32 Å². The largest absolute Gasteiger partial charge is 0.313 e. The summed E-state index contributed by atoms with van der Waals surface area (Å²) in [4.78, 5) is 2.30. The highest BCUT2D eigenvalue weighted by Gasteiger charge is 2.23. The summed E-state index contributed by atoms with van der Waals surface area (Å²) in [6.45, 7) is 3.43. The molecule has 1 N–H and O–H groups in total. The molecule has 0 bridgehead atoms. The van der Waals surface area contributed by atoms with Crippen LogP contribution in [0.4, 0.5) is 0 Å². The van der Waals surface area contributed by atoms with E-state index in [1.165, 1.54) is 13.0 Å². The molecule has 1 saturated heterocycles. The molecule has 1 aliphatic heterocycles. The SMILES string of the molecule is C[C@H]1NCC[C@@H]1N(C)C.Cl.Cl. The number of hydrogen-bond donors (Lipinski definition) is 1. The number of nitrogens with zero attached hydrogens (tertiary/aromatic N) is 1. The summed E-state index contributed by atoms with van der Waals surface area (Å²) in [5, 5.41) is 3.41. The zero-order valence-corrected chi connectivity index (χ0v) is 8.97. The maximum absolute atomic E-state index is 3.41. The van der Waals surface area contributed by atoms with Gasteiger partial charge in [0, 0.05) is 12.1 Å². The van der Waals surface area contributed by atoms with Crippen LogP contribution in [0.2, 0.25) is 0 Å². The van der Waals surface area contributed by atoms with E-state index in [-0.39, 0.29) is 24.8 Å². The first-order chi connectivity index (χ1) is 4.22. The lowest BCUT2D eigenvalue weighted by Crippen LogP contribution is -2.37. The van der Waals surface area contributed by atoms with Gasteiger partial charge >= 0.3 is 0 Å². The van der Waals surface area contributed by atoms with Crippen molar-refractivity contribution >= 4 is 24.8 Å². The Hall–Kier alpha value is 0.500. The highest BCUT2D eigenvalue weighted by atomic mass is 35.5. The average molecular weight is 201 g/mol. The Labute approximate surface area is 81.5 Å². The van der Waals surface area contributed by atoms with Crippen LogP contribution in [0.25, 0.3) is 0 Å². The topological polar surface area (TPSA) is 15.3 Å². The van der Waals surface area contributed by atoms with E-state index in [2.05, 4.69) is 31.2 Å². The number of nitrogens with one attached hydrogen (secondary N) is 1. The van der Waals surface area contributed by atoms with Crippen molar-refractivity contribution in [2.45, 2.75) is 25.4 Å². The summed E-state index contributed by atoms with van der Waals surface area (Å²) >= 11 is 0. The van der Waals surface area contributed by atoms with E-state index in [1.54, 1.807) is 0 Å². The lowest BCUT2D eigenvalue weighted by Gasteiger charge is -2.22. The van der Waals surface area contributed by atoms with E-state index in [0.29, 0.717) is 6.04 Å². The molecule has 1 aliphatic rings. The highest BCUT2D eigenvalue weighted by molar-refractivity contribution is 5.85. The predicted molar refractivity (Wildman–Crippen MR) is 54.1 cm³/mol. The minimum Gasteiger partial charge on any atom is -0.313 e. The van der Waals surface area contributed by atoms with Crippen molar-refractivity contribution in [2.75, 3.05) is 20.6 Å². The first-order valence-corrected chi connectivity index (χ1v) is 3.61. The molecule has 4 heteroatoms. The molecule has 0 aromatic carbocycles. The van der Waals surface area contributed by atoms with Crippen molar-refractivity contribution < 1.29 is 0 Å². The van der Waals surface area contributed by atoms with Crippen molar-refractivity contribution in [3.63, 3.8) is 0 Å². The number of halogens is 2. The Kier molecular flexibility index (Phi) is 7.75. The zero-order valence-electron chi connectivity index (χ0n) is 7.33. The molecular formula is C7H18Cl2N2. The molecule has 11 heavy (non-hydrogen) atoms. The molecule has 0 aromatic rings. The van der Waals surface area contributed by atoms with Gasteiger partial charge in [0.15, 0.2) is 0 Å². The Morgan fingerprint density at radius 1 is 1.27 bits per heavy atom. The first-order valence-electron chi connectivity index (χ1n) is 3.61. The summed E-state index contributed by atoms with van der Waals surface area (Å²) in [5.74, 6) is 0. The van der Waals surface area contributed by atoms with Crippen LogP contribution in [0.3, 0.4) is 0 Å². The number of rotatable bonds is 1. The van der Waals surface area contributed by atoms with Crippen LogP contribution >= 0.6 is 24.8 Å². The third-order valence-corrected chi connectivity index (χ3v) is 2.15. The fourth-order valence-corrected chi connectivity index (χ4v) is 1.55. The van der Waals surface area contributed by atoms with Crippen molar-refractivity contribution in [3.8, 4) is 0 Å². The second kappa shape index (κ2) is 6.06. The van der Waals surface area contributed by atoms with E-state index in [9.17, 15) is 0 Å². The monoisotopic (exact) mass is 200 g/mol. The van der Waals surface area contributed by atoms with Gasteiger partial charge in [-0.05, 0) is 34.0 Å². The van der Waals surface area contributed by atoms with Crippen LogP contribution in [0, 0.1) is 0 Å². The van der Waals surface area contributed by atoms with Gasteiger partial charge in [-0.15, -0.1) is 24.8 Å². The average Bonchev–Trinajstić information content (AvgIpc) is 2.13. The summed E-state index contributed by atoms with van der Waals surface area (Å²) in [7, 11) is 4.29. The predicted octanol–water partition coefficient (Wildman–Crippen LogP) is 1.14. The number of hydrogen-bond acceptors (Lipinski definition) is 2. The highest BCUT2D eigenvalue weighted by Crippen LogP contribution is 2.10. The third kappa shape index (κ3) is 3.61. The fourth-order valence-electron chi connectivity index (χ4n) is 1.55. The molecule has 70 valence electrons. The standard InChI is InChI=1S/C7H16N2.2ClH/c1-6-7(9(2)3)4-5-8-6;;/h6-8H,4-5H2,1-3H3;2*1H/t6-,7+;;/m1../s1. The number of likely N-dealkylation sites (N-methyl/N-ethyl adjacent to an activating group) is 1. The Balaban J connectivity index is 0. The normalized spacial score (nSPS) is 29.5. The Morgan fingerprint density at radius 3 is 2.00 bits per heavy atom. The van der Waals surface area contributed by atoms with Gasteiger partial charge in [-0.1, -0.05) is 0 Å². The summed E-state index contributed by atoms with van der Waals surface area (Å²) in [6, 6.07) is 1.44. The second-order valence-electron chi connectivity index (χ2n) is 3.06. The van der Waals surface area contributed by atoms with Gasteiger partial charge in [-0.3, -0.25) is 0 Å². The molecule has 0 aliphatic carbocycles. The van der Waals surface area contributed by atoms with Crippen molar-refractivity contribution in [1.82, 2.24) is 10.2 Å². The maximum Gasteiger partial charge on any atom is 0.0252 e. The molecule has 1 heterocycles. The van der Waals surface area contributed by atoms with Gasteiger partial charge in [0.25, 0.3) is 0 Å². The maximum atomic E-state index is 3.41. The fraction of sp³-hybridized carbons (Fsp3) is 1.00. The minimum absolute atomic E-state index is 0. The van der Waals surface area contributed by atoms with E-state index >= 15 is 0 Å². The first kappa shape index (κ1) is 14.0. The van der Waals surface area contributed by atoms with Crippen LogP contribution in [0.5, 0.6) is 0 Å². The van der Waals surface area contributed by atoms with E-state index in [0.717, 1.165) is 6.04 Å². The van der Waals surface area contributed by atoms with Gasteiger partial charge in [0.1, 0.15) is 0 Å². The quantitative estimate of drug-likeness (QED) is 0.684. The van der Waals surface area contributed by atoms with Gasteiger partial charge < -0.3 is 10.2 Å². The van der Waals surface area contributed by atoms with Crippen LogP contribution in [-0.4, -0.2) is 37.6 Å². The van der Waals surface area contributed by atoms with Gasteiger partial charge in [-0.2, -0.15) is 0 Å². The molecule has 0 spiro atoms. The molecule has 0 aromatic heterocycles. The molecule has 0 unspecified atom stereocenters. The molecule has 0 radical (unpaired) electrons. The van der Waals surface area contributed by atoms with Gasteiger partial charge in [-0.25, -0.2) is 0 Å². The van der Waals surface area contributed by atoms with Crippen molar-refractivity contribution in [3.05, 3.63) is 0 Å². The molecule has 2 nitrogen and oxygen atoms in total. The lowest BCUT2D eigenvalue weighted by molar-refractivity contribution is 0.277. The van der Waals surface area contributed by atoms with Crippen molar-refractivity contribution in [2.24, 2.45) is 0 Å². The summed E-state index contributed by atoms with van der Waals surface area (Å²) in [6.07, 6.45) is 1.30. The van der Waals surface area contributed by atoms with Crippen LogP contribution in [-0.2, 0) is 0 Å². The molecule has 1 rings (SSSR count). The van der Waals surface area contributed by atoms with Gasteiger partial charge in [0.2, 0.25) is 0 Å². The second-order valence-corrected chi connectivity index (χ2v) is 3.06. The summed E-state index contributed by atoms with van der Waals surface area (Å²) < 4.78 is 0. The minimum atomic E-state index is 0. The van der Waals surface area contributed by atoms with E-state index in [1.807, 2.05) is 0 Å². The summed E-state index contributed by atoms with van der Waals surface area (Å²) in [5.41, 5.74) is 0. The van der Waals surface area contributed by atoms with Gasteiger partial charge in [0.05, 0.1) is 0 Å². The van der Waals surface area contributed by atoms with E-state index in [4.69, 9.17) is 0 Å². The molecular weight excluding hydrogens is 183 g/mol. The molecule has 2 atom stereocenters. The Morgan fingerprint density at radius 2 is 1.82 bits per heavy atom. The van der Waals surface area contributed by atoms with Crippen LogP contribution in [0.15, 0.2) is 0 Å². The molecule has 1 fully saturated rings. The zero-order chi connectivity index (χ0) is 6.85. The third-order valence-electron chi connectivity index (χ3n) is 2.15. The Bertz CT molecular complexity index is 98.4. The molecule has 0 saturated carbocycles.